The molecule has 2 aromatic rings. The summed E-state index contributed by atoms with van der Waals surface area (Å²) in [6.45, 7) is 5.87. The van der Waals surface area contributed by atoms with Crippen molar-refractivity contribution in [3.63, 3.8) is 0 Å². The van der Waals surface area contributed by atoms with E-state index in [1.807, 2.05) is 20.8 Å². The van der Waals surface area contributed by atoms with Crippen molar-refractivity contribution in [1.82, 2.24) is 29.9 Å². The molecule has 2 heterocycles. The predicted octanol–water partition coefficient (Wildman–Crippen LogP) is 1.53. The van der Waals surface area contributed by atoms with Gasteiger partial charge in [0.25, 0.3) is 5.91 Å². The summed E-state index contributed by atoms with van der Waals surface area (Å²) in [7, 11) is -2.66. The van der Waals surface area contributed by atoms with Crippen LogP contribution in [0.3, 0.4) is 0 Å². The maximum absolute atomic E-state index is 12.9. The van der Waals surface area contributed by atoms with Gasteiger partial charge in [-0.05, 0) is 23.1 Å². The maximum atomic E-state index is 12.9. The molecule has 12 heteroatoms. The van der Waals surface area contributed by atoms with Crippen molar-refractivity contribution in [2.45, 2.75) is 27.3 Å². The molecule has 3 amide bonds. The Balaban J connectivity index is 1.94. The molecule has 1 fully saturated rings. The first kappa shape index (κ1) is 24.1. The minimum Gasteiger partial charge on any atom is -0.371 e. The molecule has 0 atom stereocenters. The van der Waals surface area contributed by atoms with Crippen LogP contribution in [0.1, 0.15) is 26.3 Å². The Morgan fingerprint density at radius 3 is 2.30 bits per heavy atom. The van der Waals surface area contributed by atoms with Crippen LogP contribution in [0.25, 0.3) is 5.69 Å². The van der Waals surface area contributed by atoms with Gasteiger partial charge in [0.1, 0.15) is 29.1 Å². The fraction of sp³-hybridized carbons (Fsp3) is 0.381. The summed E-state index contributed by atoms with van der Waals surface area (Å²) in [6, 6.07) is 6.49. The molecule has 0 spiro atoms. The SMILES string of the molecule is CN1C(=O)/C(=C(/NCc2ccc(-n3cncn3)cc2)S(C)(=O)=O)C(=N)N(CC(C)(C)C)C1=O. The molecule has 11 nitrogen and oxygen atoms in total. The Hall–Kier alpha value is -3.54. The highest BCUT2D eigenvalue weighted by molar-refractivity contribution is 7.94. The summed E-state index contributed by atoms with van der Waals surface area (Å²) in [4.78, 5) is 31.4. The standard InChI is InChI=1S/C21H27N7O4S/c1-21(2,3)11-27-17(22)16(19(29)26(4)20(27)30)18(33(5,31)32)24-10-14-6-8-15(9-7-14)28-13-23-12-25-28/h6-9,12-13,22,24H,10-11H2,1-5H3/b18-16-,22-17?. The largest absolute Gasteiger partial charge is 0.371 e. The van der Waals surface area contributed by atoms with Crippen molar-refractivity contribution in [3.05, 3.63) is 53.1 Å². The lowest BCUT2D eigenvalue weighted by Gasteiger charge is -2.37. The predicted molar refractivity (Wildman–Crippen MR) is 122 cm³/mol. The molecule has 1 saturated heterocycles. The first-order valence-electron chi connectivity index (χ1n) is 10.1. The van der Waals surface area contributed by atoms with Crippen LogP contribution >= 0.6 is 0 Å². The van der Waals surface area contributed by atoms with Crippen molar-refractivity contribution in [1.29, 1.82) is 5.41 Å². The second kappa shape index (κ2) is 8.77. The number of rotatable bonds is 6. The molecule has 0 unspecified atom stereocenters. The van der Waals surface area contributed by atoms with Gasteiger partial charge in [0.15, 0.2) is 9.84 Å². The molecular weight excluding hydrogens is 446 g/mol. The van der Waals surface area contributed by atoms with Crippen LogP contribution in [0.5, 0.6) is 0 Å². The summed E-state index contributed by atoms with van der Waals surface area (Å²) < 4.78 is 26.8. The molecule has 176 valence electrons. The monoisotopic (exact) mass is 473 g/mol. The topological polar surface area (TPSA) is 141 Å². The van der Waals surface area contributed by atoms with E-state index in [-0.39, 0.29) is 24.1 Å². The Labute approximate surface area is 192 Å². The van der Waals surface area contributed by atoms with Gasteiger partial charge < -0.3 is 5.32 Å². The van der Waals surface area contributed by atoms with Crippen molar-refractivity contribution in [3.8, 4) is 5.69 Å². The van der Waals surface area contributed by atoms with E-state index >= 15 is 0 Å². The quantitative estimate of drug-likeness (QED) is 0.606. The Bertz CT molecular complexity index is 1210. The molecule has 0 aliphatic carbocycles. The molecule has 2 N–H and O–H groups in total. The number of nitrogens with one attached hydrogen (secondary N) is 2. The number of hydrogen-bond acceptors (Lipinski definition) is 8. The van der Waals surface area contributed by atoms with Gasteiger partial charge in [-0.25, -0.2) is 22.9 Å². The maximum Gasteiger partial charge on any atom is 0.332 e. The smallest absolute Gasteiger partial charge is 0.332 e. The number of hydrogen-bond donors (Lipinski definition) is 2. The fourth-order valence-corrected chi connectivity index (χ4v) is 4.18. The van der Waals surface area contributed by atoms with Crippen LogP contribution in [0.15, 0.2) is 47.5 Å². The summed E-state index contributed by atoms with van der Waals surface area (Å²) in [6.07, 6.45) is 3.93. The van der Waals surface area contributed by atoms with Gasteiger partial charge >= 0.3 is 6.03 Å². The number of amidine groups is 1. The van der Waals surface area contributed by atoms with Crippen LogP contribution in [-0.2, 0) is 21.2 Å². The molecule has 1 aromatic heterocycles. The third-order valence-corrected chi connectivity index (χ3v) is 5.94. The summed E-state index contributed by atoms with van der Waals surface area (Å²) in [5.74, 6) is -1.28. The van der Waals surface area contributed by atoms with Crippen LogP contribution in [0, 0.1) is 10.8 Å². The van der Waals surface area contributed by atoms with E-state index < -0.39 is 32.6 Å². The van der Waals surface area contributed by atoms with Gasteiger partial charge in [-0.2, -0.15) is 5.10 Å². The number of amides is 3. The van der Waals surface area contributed by atoms with Crippen molar-refractivity contribution < 1.29 is 18.0 Å². The van der Waals surface area contributed by atoms with Gasteiger partial charge in [0.2, 0.25) is 0 Å². The van der Waals surface area contributed by atoms with Crippen LogP contribution in [0.2, 0.25) is 0 Å². The number of likely N-dealkylation sites (N-methyl/N-ethyl adjacent to an activating group) is 1. The lowest BCUT2D eigenvalue weighted by Crippen LogP contribution is -2.57. The first-order valence-corrected chi connectivity index (χ1v) is 12.0. The summed E-state index contributed by atoms with van der Waals surface area (Å²) >= 11 is 0. The number of aromatic nitrogens is 3. The minimum absolute atomic E-state index is 0.0844. The first-order chi connectivity index (χ1) is 15.3. The number of benzene rings is 1. The average molecular weight is 474 g/mol. The number of urea groups is 1. The zero-order chi connectivity index (χ0) is 24.6. The highest BCUT2D eigenvalue weighted by atomic mass is 32.2. The minimum atomic E-state index is -3.93. The van der Waals surface area contributed by atoms with E-state index in [2.05, 4.69) is 15.4 Å². The van der Waals surface area contributed by atoms with Gasteiger partial charge in [-0.1, -0.05) is 32.9 Å². The zero-order valence-corrected chi connectivity index (χ0v) is 20.0. The second-order valence-electron chi connectivity index (χ2n) is 8.98. The van der Waals surface area contributed by atoms with Crippen molar-refractivity contribution in [2.75, 3.05) is 19.8 Å². The molecule has 1 aromatic carbocycles. The molecule has 33 heavy (non-hydrogen) atoms. The number of carbonyl (C=O) groups excluding carboxylic acids is 2. The third kappa shape index (κ3) is 5.28. The van der Waals surface area contributed by atoms with Gasteiger partial charge in [-0.15, -0.1) is 0 Å². The number of carbonyl (C=O) groups is 2. The van der Waals surface area contributed by atoms with E-state index in [1.54, 1.807) is 35.3 Å². The van der Waals surface area contributed by atoms with E-state index in [9.17, 15) is 18.0 Å². The molecule has 3 rings (SSSR count). The second-order valence-corrected chi connectivity index (χ2v) is 10.9. The molecule has 1 aliphatic heterocycles. The van der Waals surface area contributed by atoms with Crippen LogP contribution in [0.4, 0.5) is 4.79 Å². The van der Waals surface area contributed by atoms with Crippen molar-refractivity contribution >= 4 is 27.6 Å². The summed E-state index contributed by atoms with van der Waals surface area (Å²) in [5, 5.41) is 15.0. The van der Waals surface area contributed by atoms with Gasteiger partial charge in [0, 0.05) is 26.4 Å². The third-order valence-electron chi connectivity index (χ3n) is 4.85. The van der Waals surface area contributed by atoms with E-state index in [1.165, 1.54) is 13.4 Å². The van der Waals surface area contributed by atoms with Crippen molar-refractivity contribution in [2.24, 2.45) is 5.41 Å². The Kier molecular flexibility index (Phi) is 6.41. The molecule has 1 aliphatic rings. The normalized spacial score (nSPS) is 16.9. The van der Waals surface area contributed by atoms with Crippen LogP contribution < -0.4 is 5.32 Å². The van der Waals surface area contributed by atoms with Crippen LogP contribution in [-0.4, -0.2) is 70.6 Å². The number of sulfone groups is 1. The van der Waals surface area contributed by atoms with Gasteiger partial charge in [0.05, 0.1) is 5.69 Å². The molecule has 0 saturated carbocycles. The van der Waals surface area contributed by atoms with Gasteiger partial charge in [-0.3, -0.25) is 20.0 Å². The highest BCUT2D eigenvalue weighted by Gasteiger charge is 2.42. The molecule has 0 radical (unpaired) electrons. The van der Waals surface area contributed by atoms with E-state index in [0.717, 1.165) is 27.3 Å². The van der Waals surface area contributed by atoms with E-state index in [0.29, 0.717) is 0 Å². The molecule has 0 bridgehead atoms. The molecular formula is C21H27N7O4S. The Morgan fingerprint density at radius 1 is 1.15 bits per heavy atom. The van der Waals surface area contributed by atoms with E-state index in [4.69, 9.17) is 5.41 Å². The summed E-state index contributed by atoms with van der Waals surface area (Å²) in [5.41, 5.74) is 0.786. The average Bonchev–Trinajstić information content (AvgIpc) is 3.26. The Morgan fingerprint density at radius 2 is 1.79 bits per heavy atom. The highest BCUT2D eigenvalue weighted by Crippen LogP contribution is 2.25. The lowest BCUT2D eigenvalue weighted by molar-refractivity contribution is -0.123. The zero-order valence-electron chi connectivity index (χ0n) is 19.2. The number of nitrogens with zero attached hydrogens (tertiary/aromatic N) is 5. The lowest BCUT2D eigenvalue weighted by atomic mass is 9.95. The fourth-order valence-electron chi connectivity index (χ4n) is 3.29. The number of imide groups is 1.